The molecule has 0 aliphatic carbocycles. The average Bonchev–Trinajstić information content (AvgIpc) is 2.34. The first-order valence-electron chi connectivity index (χ1n) is 5.71. The minimum atomic E-state index is -0.0110. The highest BCUT2D eigenvalue weighted by Gasteiger charge is 2.04. The Kier molecular flexibility index (Phi) is 5.94. The number of amides is 1. The summed E-state index contributed by atoms with van der Waals surface area (Å²) in [6, 6.07) is 7.42. The van der Waals surface area contributed by atoms with Gasteiger partial charge in [0.05, 0.1) is 0 Å². The second kappa shape index (κ2) is 7.29. The molecule has 0 fully saturated rings. The second-order valence-corrected chi connectivity index (χ2v) is 4.06. The van der Waals surface area contributed by atoms with Gasteiger partial charge in [-0.15, -0.1) is 11.6 Å². The van der Waals surface area contributed by atoms with Crippen LogP contribution in [0.2, 0.25) is 0 Å². The van der Waals surface area contributed by atoms with Crippen molar-refractivity contribution in [1.29, 1.82) is 0 Å². The van der Waals surface area contributed by atoms with Crippen molar-refractivity contribution in [2.24, 2.45) is 0 Å². The van der Waals surface area contributed by atoms with Gasteiger partial charge in [0.15, 0.2) is 0 Å². The Morgan fingerprint density at radius 3 is 2.88 bits per heavy atom. The highest BCUT2D eigenvalue weighted by atomic mass is 35.5. The summed E-state index contributed by atoms with van der Waals surface area (Å²) in [5, 5.41) is 2.90. The van der Waals surface area contributed by atoms with E-state index in [2.05, 4.69) is 12.2 Å². The fourth-order valence-electron chi connectivity index (χ4n) is 1.47. The molecule has 1 amide bonds. The van der Waals surface area contributed by atoms with Gasteiger partial charge in [0.1, 0.15) is 0 Å². The molecule has 2 nitrogen and oxygen atoms in total. The molecule has 0 heterocycles. The van der Waals surface area contributed by atoms with E-state index in [4.69, 9.17) is 11.6 Å². The van der Waals surface area contributed by atoms with Crippen LogP contribution in [0, 0.1) is 0 Å². The lowest BCUT2D eigenvalue weighted by molar-refractivity contribution is 0.0953. The van der Waals surface area contributed by atoms with E-state index in [9.17, 15) is 4.79 Å². The van der Waals surface area contributed by atoms with Crippen LogP contribution in [0.5, 0.6) is 0 Å². The van der Waals surface area contributed by atoms with E-state index in [-0.39, 0.29) is 5.91 Å². The van der Waals surface area contributed by atoms with Crippen molar-refractivity contribution in [3.8, 4) is 0 Å². The lowest BCUT2D eigenvalue weighted by atomic mass is 10.1. The molecule has 1 aromatic carbocycles. The van der Waals surface area contributed by atoms with Crippen molar-refractivity contribution >= 4 is 17.5 Å². The van der Waals surface area contributed by atoms with Gasteiger partial charge < -0.3 is 5.32 Å². The number of carbonyl (C=O) groups excluding carboxylic acids is 1. The molecular formula is C13H18ClNO. The second-order valence-electron chi connectivity index (χ2n) is 3.80. The Labute approximate surface area is 102 Å². The van der Waals surface area contributed by atoms with Crippen LogP contribution in [0.15, 0.2) is 24.3 Å². The minimum Gasteiger partial charge on any atom is -0.352 e. The Hall–Kier alpha value is -1.02. The molecule has 3 heteroatoms. The highest BCUT2D eigenvalue weighted by molar-refractivity contribution is 6.17. The van der Waals surface area contributed by atoms with Crippen LogP contribution >= 0.6 is 11.6 Å². The van der Waals surface area contributed by atoms with Gasteiger partial charge in [0.25, 0.3) is 5.91 Å². The molecule has 16 heavy (non-hydrogen) atoms. The number of unbranched alkanes of at least 4 members (excludes halogenated alkanes) is 2. The first kappa shape index (κ1) is 13.0. The van der Waals surface area contributed by atoms with Crippen molar-refractivity contribution in [3.63, 3.8) is 0 Å². The van der Waals surface area contributed by atoms with Crippen molar-refractivity contribution in [2.75, 3.05) is 6.54 Å². The van der Waals surface area contributed by atoms with Crippen LogP contribution in [0.4, 0.5) is 0 Å². The van der Waals surface area contributed by atoms with Gasteiger partial charge in [0, 0.05) is 18.0 Å². The number of nitrogens with one attached hydrogen (secondary N) is 1. The highest BCUT2D eigenvalue weighted by Crippen LogP contribution is 2.07. The number of benzene rings is 1. The molecule has 1 N–H and O–H groups in total. The lowest BCUT2D eigenvalue weighted by Gasteiger charge is -2.05. The Balaban J connectivity index is 2.46. The number of rotatable bonds is 6. The minimum absolute atomic E-state index is 0.0110. The maximum atomic E-state index is 11.7. The summed E-state index contributed by atoms with van der Waals surface area (Å²) in [5.41, 5.74) is 1.66. The molecule has 0 unspecified atom stereocenters. The molecule has 0 saturated carbocycles. The van der Waals surface area contributed by atoms with Crippen molar-refractivity contribution < 1.29 is 4.79 Å². The van der Waals surface area contributed by atoms with Gasteiger partial charge in [-0.25, -0.2) is 0 Å². The third-order valence-electron chi connectivity index (χ3n) is 2.41. The van der Waals surface area contributed by atoms with E-state index in [1.807, 2.05) is 24.3 Å². The zero-order valence-electron chi connectivity index (χ0n) is 9.63. The Morgan fingerprint density at radius 1 is 1.38 bits per heavy atom. The normalized spacial score (nSPS) is 10.1. The summed E-state index contributed by atoms with van der Waals surface area (Å²) in [5.74, 6) is 0.430. The predicted octanol–water partition coefficient (Wildman–Crippen LogP) is 3.35. The fourth-order valence-corrected chi connectivity index (χ4v) is 1.64. The lowest BCUT2D eigenvalue weighted by Crippen LogP contribution is -2.24. The third kappa shape index (κ3) is 4.23. The molecule has 0 spiro atoms. The van der Waals surface area contributed by atoms with E-state index >= 15 is 0 Å². The van der Waals surface area contributed by atoms with Crippen molar-refractivity contribution in [1.82, 2.24) is 5.32 Å². The van der Waals surface area contributed by atoms with E-state index in [0.29, 0.717) is 11.4 Å². The zero-order chi connectivity index (χ0) is 11.8. The third-order valence-corrected chi connectivity index (χ3v) is 2.72. The van der Waals surface area contributed by atoms with E-state index in [1.54, 1.807) is 0 Å². The zero-order valence-corrected chi connectivity index (χ0v) is 10.4. The summed E-state index contributed by atoms with van der Waals surface area (Å²) in [6.45, 7) is 2.89. The quantitative estimate of drug-likeness (QED) is 0.599. The molecule has 0 saturated heterocycles. The number of hydrogen-bond donors (Lipinski definition) is 1. The van der Waals surface area contributed by atoms with Crippen LogP contribution in [-0.4, -0.2) is 12.5 Å². The van der Waals surface area contributed by atoms with Gasteiger partial charge in [-0.1, -0.05) is 31.9 Å². The van der Waals surface area contributed by atoms with Gasteiger partial charge in [-0.2, -0.15) is 0 Å². The first-order valence-corrected chi connectivity index (χ1v) is 6.24. The fraction of sp³-hybridized carbons (Fsp3) is 0.462. The maximum Gasteiger partial charge on any atom is 0.251 e. The molecule has 0 atom stereocenters. The van der Waals surface area contributed by atoms with Crippen LogP contribution in [-0.2, 0) is 5.88 Å². The number of halogens is 1. The molecule has 88 valence electrons. The summed E-state index contributed by atoms with van der Waals surface area (Å²) in [6.07, 6.45) is 3.36. The van der Waals surface area contributed by atoms with Gasteiger partial charge in [0.2, 0.25) is 0 Å². The summed E-state index contributed by atoms with van der Waals surface area (Å²) in [7, 11) is 0. The van der Waals surface area contributed by atoms with Crippen LogP contribution in [0.1, 0.15) is 42.1 Å². The van der Waals surface area contributed by atoms with Crippen LogP contribution < -0.4 is 5.32 Å². The summed E-state index contributed by atoms with van der Waals surface area (Å²) in [4.78, 5) is 11.7. The molecular weight excluding hydrogens is 222 g/mol. The molecule has 0 aliphatic heterocycles. The topological polar surface area (TPSA) is 29.1 Å². The van der Waals surface area contributed by atoms with Gasteiger partial charge >= 0.3 is 0 Å². The number of hydrogen-bond acceptors (Lipinski definition) is 1. The predicted molar refractivity (Wildman–Crippen MR) is 67.9 cm³/mol. The number of alkyl halides is 1. The van der Waals surface area contributed by atoms with Gasteiger partial charge in [-0.3, -0.25) is 4.79 Å². The summed E-state index contributed by atoms with van der Waals surface area (Å²) < 4.78 is 0. The molecule has 0 aliphatic rings. The molecule has 1 aromatic rings. The van der Waals surface area contributed by atoms with Gasteiger partial charge in [-0.05, 0) is 24.1 Å². The number of carbonyl (C=O) groups is 1. The van der Waals surface area contributed by atoms with Crippen molar-refractivity contribution in [2.45, 2.75) is 32.1 Å². The van der Waals surface area contributed by atoms with E-state index in [0.717, 1.165) is 31.4 Å². The molecule has 1 rings (SSSR count). The summed E-state index contributed by atoms with van der Waals surface area (Å²) >= 11 is 5.72. The maximum absolute atomic E-state index is 11.7. The van der Waals surface area contributed by atoms with Crippen LogP contribution in [0.25, 0.3) is 0 Å². The monoisotopic (exact) mass is 239 g/mol. The molecule has 0 aromatic heterocycles. The average molecular weight is 240 g/mol. The van der Waals surface area contributed by atoms with Crippen LogP contribution in [0.3, 0.4) is 0 Å². The van der Waals surface area contributed by atoms with E-state index in [1.165, 1.54) is 0 Å². The standard InChI is InChI=1S/C13H18ClNO/c1-2-3-4-8-15-13(16)12-7-5-6-11(9-12)10-14/h5-7,9H,2-4,8,10H2,1H3,(H,15,16). The van der Waals surface area contributed by atoms with E-state index < -0.39 is 0 Å². The first-order chi connectivity index (χ1) is 7.77. The molecule has 0 bridgehead atoms. The SMILES string of the molecule is CCCCCNC(=O)c1cccc(CCl)c1. The smallest absolute Gasteiger partial charge is 0.251 e. The Morgan fingerprint density at radius 2 is 2.19 bits per heavy atom. The van der Waals surface area contributed by atoms with Crippen molar-refractivity contribution in [3.05, 3.63) is 35.4 Å². The largest absolute Gasteiger partial charge is 0.352 e. The Bertz CT molecular complexity index is 338. The molecule has 0 radical (unpaired) electrons.